The van der Waals surface area contributed by atoms with Crippen LogP contribution in [0.15, 0.2) is 22.8 Å². The Labute approximate surface area is 111 Å². The van der Waals surface area contributed by atoms with Gasteiger partial charge in [-0.05, 0) is 47.4 Å². The lowest BCUT2D eigenvalue weighted by atomic mass is 10.1. The summed E-state index contributed by atoms with van der Waals surface area (Å²) in [6, 6.07) is 4.67. The molecule has 1 saturated heterocycles. The molecule has 0 saturated carbocycles. The Balaban J connectivity index is 0.00000128. The highest BCUT2D eigenvalue weighted by atomic mass is 79.9. The van der Waals surface area contributed by atoms with Crippen LogP contribution in [0.5, 0.6) is 0 Å². The zero-order valence-corrected chi connectivity index (χ0v) is 11.7. The van der Waals surface area contributed by atoms with Gasteiger partial charge in [0.05, 0.1) is 0 Å². The molecule has 0 radical (unpaired) electrons. The van der Waals surface area contributed by atoms with Crippen molar-refractivity contribution in [2.24, 2.45) is 0 Å². The number of hydrogen-bond acceptors (Lipinski definition) is 3. The molecule has 90 valence electrons. The molecule has 5 heteroatoms. The second-order valence-corrected chi connectivity index (χ2v) is 4.86. The molecule has 1 aliphatic rings. The Morgan fingerprint density at radius 2 is 2.31 bits per heavy atom. The van der Waals surface area contributed by atoms with Crippen molar-refractivity contribution in [1.29, 1.82) is 0 Å². The van der Waals surface area contributed by atoms with Crippen molar-refractivity contribution in [2.75, 3.05) is 25.0 Å². The van der Waals surface area contributed by atoms with Crippen LogP contribution in [0.1, 0.15) is 12.8 Å². The van der Waals surface area contributed by atoms with Crippen LogP contribution < -0.4 is 10.2 Å². The Bertz CT molecular complexity index is 312. The van der Waals surface area contributed by atoms with Crippen molar-refractivity contribution in [3.8, 4) is 0 Å². The number of likely N-dealkylation sites (N-methyl/N-ethyl adjacent to an activating group) is 1. The average molecular weight is 307 g/mol. The number of halogens is 2. The summed E-state index contributed by atoms with van der Waals surface area (Å²) in [5.74, 6) is 1.05. The smallest absolute Gasteiger partial charge is 0.128 e. The molecular weight excluding hydrogens is 289 g/mol. The van der Waals surface area contributed by atoms with Gasteiger partial charge in [0.2, 0.25) is 0 Å². The van der Waals surface area contributed by atoms with Crippen molar-refractivity contribution in [2.45, 2.75) is 18.9 Å². The SMILES string of the molecule is CN(c1ccc(Br)cn1)[C@H]1CCCNC1.Cl. The number of piperidine rings is 1. The molecule has 0 aromatic carbocycles. The Morgan fingerprint density at radius 1 is 1.50 bits per heavy atom. The van der Waals surface area contributed by atoms with Gasteiger partial charge in [-0.15, -0.1) is 12.4 Å². The fourth-order valence-corrected chi connectivity index (χ4v) is 2.16. The van der Waals surface area contributed by atoms with E-state index in [1.165, 1.54) is 12.8 Å². The zero-order valence-electron chi connectivity index (χ0n) is 9.32. The van der Waals surface area contributed by atoms with Crippen LogP contribution in [0.3, 0.4) is 0 Å². The molecule has 0 aliphatic carbocycles. The summed E-state index contributed by atoms with van der Waals surface area (Å²) >= 11 is 3.40. The molecule has 2 rings (SSSR count). The van der Waals surface area contributed by atoms with Gasteiger partial charge >= 0.3 is 0 Å². The molecule has 1 fully saturated rings. The molecule has 0 unspecified atom stereocenters. The summed E-state index contributed by atoms with van der Waals surface area (Å²) in [5.41, 5.74) is 0. The van der Waals surface area contributed by atoms with Gasteiger partial charge in [0.25, 0.3) is 0 Å². The van der Waals surface area contributed by atoms with E-state index < -0.39 is 0 Å². The third kappa shape index (κ3) is 3.34. The predicted octanol–water partition coefficient (Wildman–Crippen LogP) is 2.45. The highest BCUT2D eigenvalue weighted by Crippen LogP contribution is 2.18. The normalized spacial score (nSPS) is 20.0. The molecular formula is C11H17BrClN3. The molecule has 1 aliphatic heterocycles. The lowest BCUT2D eigenvalue weighted by Crippen LogP contribution is -2.44. The third-order valence-electron chi connectivity index (χ3n) is 2.89. The van der Waals surface area contributed by atoms with Crippen molar-refractivity contribution in [3.05, 3.63) is 22.8 Å². The quantitative estimate of drug-likeness (QED) is 0.910. The zero-order chi connectivity index (χ0) is 10.7. The summed E-state index contributed by atoms with van der Waals surface area (Å²) in [6.07, 6.45) is 4.36. The molecule has 0 spiro atoms. The minimum atomic E-state index is 0. The van der Waals surface area contributed by atoms with E-state index in [4.69, 9.17) is 0 Å². The standard InChI is InChI=1S/C11H16BrN3.ClH/c1-15(10-3-2-6-13-8-10)11-5-4-9(12)7-14-11;/h4-5,7,10,13H,2-3,6,8H2,1H3;1H/t10-;/m0./s1. The van der Waals surface area contributed by atoms with E-state index in [0.29, 0.717) is 6.04 Å². The van der Waals surface area contributed by atoms with Gasteiger partial charge < -0.3 is 10.2 Å². The van der Waals surface area contributed by atoms with E-state index in [2.05, 4.69) is 44.2 Å². The maximum atomic E-state index is 4.40. The van der Waals surface area contributed by atoms with E-state index in [9.17, 15) is 0 Å². The van der Waals surface area contributed by atoms with Crippen LogP contribution in [0.2, 0.25) is 0 Å². The highest BCUT2D eigenvalue weighted by molar-refractivity contribution is 9.10. The second kappa shape index (κ2) is 6.42. The Hall–Kier alpha value is -0.320. The maximum Gasteiger partial charge on any atom is 0.128 e. The summed E-state index contributed by atoms with van der Waals surface area (Å²) in [7, 11) is 2.12. The van der Waals surface area contributed by atoms with Gasteiger partial charge in [0.15, 0.2) is 0 Å². The van der Waals surface area contributed by atoms with Crippen molar-refractivity contribution in [1.82, 2.24) is 10.3 Å². The van der Waals surface area contributed by atoms with Gasteiger partial charge in [-0.2, -0.15) is 0 Å². The van der Waals surface area contributed by atoms with Crippen molar-refractivity contribution >= 4 is 34.2 Å². The molecule has 16 heavy (non-hydrogen) atoms. The van der Waals surface area contributed by atoms with E-state index in [1.54, 1.807) is 0 Å². The minimum absolute atomic E-state index is 0. The Morgan fingerprint density at radius 3 is 2.88 bits per heavy atom. The van der Waals surface area contributed by atoms with Crippen molar-refractivity contribution in [3.63, 3.8) is 0 Å². The van der Waals surface area contributed by atoms with E-state index >= 15 is 0 Å². The minimum Gasteiger partial charge on any atom is -0.355 e. The first-order valence-electron chi connectivity index (χ1n) is 5.32. The fraction of sp³-hybridized carbons (Fsp3) is 0.545. The summed E-state index contributed by atoms with van der Waals surface area (Å²) < 4.78 is 1.03. The number of aromatic nitrogens is 1. The predicted molar refractivity (Wildman–Crippen MR) is 73.5 cm³/mol. The lowest BCUT2D eigenvalue weighted by Gasteiger charge is -2.32. The second-order valence-electron chi connectivity index (χ2n) is 3.95. The molecule has 1 aromatic heterocycles. The molecule has 0 amide bonds. The number of pyridine rings is 1. The largest absolute Gasteiger partial charge is 0.355 e. The first kappa shape index (κ1) is 13.7. The van der Waals surface area contributed by atoms with Gasteiger partial charge in [0.1, 0.15) is 5.82 Å². The average Bonchev–Trinajstić information content (AvgIpc) is 2.30. The van der Waals surface area contributed by atoms with Crippen LogP contribution in [0.4, 0.5) is 5.82 Å². The fourth-order valence-electron chi connectivity index (χ4n) is 1.93. The van der Waals surface area contributed by atoms with E-state index in [-0.39, 0.29) is 12.4 Å². The number of nitrogens with one attached hydrogen (secondary N) is 1. The summed E-state index contributed by atoms with van der Waals surface area (Å²) in [6.45, 7) is 2.21. The van der Waals surface area contributed by atoms with Crippen LogP contribution >= 0.6 is 28.3 Å². The molecule has 0 bridgehead atoms. The van der Waals surface area contributed by atoms with Crippen LogP contribution in [-0.2, 0) is 0 Å². The molecule has 1 aromatic rings. The Kier molecular flexibility index (Phi) is 5.52. The van der Waals surface area contributed by atoms with Crippen LogP contribution in [0.25, 0.3) is 0 Å². The van der Waals surface area contributed by atoms with Gasteiger partial charge in [-0.1, -0.05) is 0 Å². The lowest BCUT2D eigenvalue weighted by molar-refractivity contribution is 0.443. The van der Waals surface area contributed by atoms with Gasteiger partial charge in [-0.25, -0.2) is 4.98 Å². The number of anilines is 1. The molecule has 1 atom stereocenters. The maximum absolute atomic E-state index is 4.40. The molecule has 3 nitrogen and oxygen atoms in total. The van der Waals surface area contributed by atoms with Crippen molar-refractivity contribution < 1.29 is 0 Å². The first-order chi connectivity index (χ1) is 7.27. The van der Waals surface area contributed by atoms with Gasteiger partial charge in [-0.3, -0.25) is 0 Å². The van der Waals surface area contributed by atoms with Gasteiger partial charge in [0, 0.05) is 30.3 Å². The van der Waals surface area contributed by atoms with Crippen LogP contribution in [0, 0.1) is 0 Å². The highest BCUT2D eigenvalue weighted by Gasteiger charge is 2.18. The summed E-state index contributed by atoms with van der Waals surface area (Å²) in [5, 5.41) is 3.42. The number of rotatable bonds is 2. The van der Waals surface area contributed by atoms with E-state index in [1.807, 2.05) is 12.3 Å². The van der Waals surface area contributed by atoms with E-state index in [0.717, 1.165) is 23.4 Å². The topological polar surface area (TPSA) is 28.2 Å². The monoisotopic (exact) mass is 305 g/mol. The molecule has 2 heterocycles. The number of hydrogen-bond donors (Lipinski definition) is 1. The molecule has 1 N–H and O–H groups in total. The summed E-state index contributed by atoms with van der Waals surface area (Å²) in [4.78, 5) is 6.67. The first-order valence-corrected chi connectivity index (χ1v) is 6.12. The van der Waals surface area contributed by atoms with Crippen LogP contribution in [-0.4, -0.2) is 31.2 Å². The third-order valence-corrected chi connectivity index (χ3v) is 3.36. The number of nitrogens with zero attached hydrogens (tertiary/aromatic N) is 2.